The summed E-state index contributed by atoms with van der Waals surface area (Å²) in [5, 5.41) is 0. The normalized spacial score (nSPS) is 24.5. The first-order chi connectivity index (χ1) is 10.7. The number of esters is 1. The number of carbonyl (C=O) groups is 1. The van der Waals surface area contributed by atoms with Crippen molar-refractivity contribution in [2.24, 2.45) is 11.3 Å². The van der Waals surface area contributed by atoms with E-state index in [1.807, 2.05) is 6.92 Å². The van der Waals surface area contributed by atoms with Gasteiger partial charge >= 0.3 is 5.97 Å². The maximum atomic E-state index is 12.5. The Labute approximate surface area is 133 Å². The van der Waals surface area contributed by atoms with Crippen LogP contribution in [0.25, 0.3) is 0 Å². The molecule has 0 N–H and O–H groups in total. The minimum atomic E-state index is 0.0277. The van der Waals surface area contributed by atoms with Gasteiger partial charge in [0.15, 0.2) is 0 Å². The number of hydrogen-bond acceptors (Lipinski definition) is 3. The van der Waals surface area contributed by atoms with E-state index in [0.29, 0.717) is 6.61 Å². The van der Waals surface area contributed by atoms with Gasteiger partial charge in [0.1, 0.15) is 0 Å². The molecule has 22 heavy (non-hydrogen) atoms. The van der Waals surface area contributed by atoms with Gasteiger partial charge in [0, 0.05) is 19.6 Å². The van der Waals surface area contributed by atoms with Gasteiger partial charge in [0.05, 0.1) is 12.5 Å². The summed E-state index contributed by atoms with van der Waals surface area (Å²) >= 11 is 0. The van der Waals surface area contributed by atoms with Crippen LogP contribution in [0.2, 0.25) is 0 Å². The van der Waals surface area contributed by atoms with E-state index in [1.54, 1.807) is 0 Å². The molecule has 1 heterocycles. The summed E-state index contributed by atoms with van der Waals surface area (Å²) in [6.07, 6.45) is 6.20. The lowest BCUT2D eigenvalue weighted by Gasteiger charge is -2.37. The highest BCUT2D eigenvalue weighted by atomic mass is 16.5. The van der Waals surface area contributed by atoms with Crippen LogP contribution in [0.5, 0.6) is 0 Å². The van der Waals surface area contributed by atoms with Crippen LogP contribution in [-0.2, 0) is 16.1 Å². The second kappa shape index (κ2) is 6.82. The number of nitrogens with zero attached hydrogens (tertiary/aromatic N) is 1. The van der Waals surface area contributed by atoms with Gasteiger partial charge < -0.3 is 4.74 Å². The molecule has 0 bridgehead atoms. The van der Waals surface area contributed by atoms with Gasteiger partial charge in [-0.05, 0) is 30.7 Å². The lowest BCUT2D eigenvalue weighted by atomic mass is 9.68. The number of likely N-dealkylation sites (tertiary alicyclic amines) is 1. The minimum absolute atomic E-state index is 0.0277. The van der Waals surface area contributed by atoms with Crippen molar-refractivity contribution in [3.05, 3.63) is 35.9 Å². The zero-order valence-electron chi connectivity index (χ0n) is 13.6. The fourth-order valence-corrected chi connectivity index (χ4v) is 4.36. The molecular weight excluding hydrogens is 274 g/mol. The Kier molecular flexibility index (Phi) is 4.82. The molecule has 3 heteroatoms. The molecule has 1 aliphatic carbocycles. The third-order valence-electron chi connectivity index (χ3n) is 5.39. The number of hydrogen-bond donors (Lipinski definition) is 0. The first-order valence-corrected chi connectivity index (χ1v) is 8.66. The highest BCUT2D eigenvalue weighted by molar-refractivity contribution is 5.74. The Hall–Kier alpha value is -1.35. The molecule has 1 atom stereocenters. The second-order valence-electron chi connectivity index (χ2n) is 6.88. The number of ether oxygens (including phenoxy) is 1. The first-order valence-electron chi connectivity index (χ1n) is 8.66. The third kappa shape index (κ3) is 3.19. The van der Waals surface area contributed by atoms with Gasteiger partial charge in [-0.25, -0.2) is 0 Å². The van der Waals surface area contributed by atoms with Crippen LogP contribution in [0.1, 0.15) is 44.6 Å². The van der Waals surface area contributed by atoms with E-state index in [4.69, 9.17) is 4.74 Å². The van der Waals surface area contributed by atoms with Gasteiger partial charge in [-0.1, -0.05) is 49.6 Å². The molecule has 2 aliphatic rings. The van der Waals surface area contributed by atoms with Crippen LogP contribution in [0.4, 0.5) is 0 Å². The van der Waals surface area contributed by atoms with Crippen LogP contribution >= 0.6 is 0 Å². The molecule has 1 aromatic rings. The molecule has 1 aliphatic heterocycles. The molecule has 120 valence electrons. The highest BCUT2D eigenvalue weighted by Crippen LogP contribution is 2.48. The number of carbonyl (C=O) groups excluding carboxylic acids is 1. The second-order valence-corrected chi connectivity index (χ2v) is 6.88. The Bertz CT molecular complexity index is 493. The average molecular weight is 301 g/mol. The molecular formula is C19H27NO2. The zero-order chi connectivity index (χ0) is 15.4. The van der Waals surface area contributed by atoms with Crippen LogP contribution in [-0.4, -0.2) is 30.6 Å². The van der Waals surface area contributed by atoms with Gasteiger partial charge in [0.25, 0.3) is 0 Å². The Morgan fingerprint density at radius 3 is 2.64 bits per heavy atom. The zero-order valence-corrected chi connectivity index (χ0v) is 13.6. The molecule has 3 nitrogen and oxygen atoms in total. The van der Waals surface area contributed by atoms with E-state index in [9.17, 15) is 4.79 Å². The molecule has 1 spiro atoms. The van der Waals surface area contributed by atoms with Crippen molar-refractivity contribution >= 4 is 5.97 Å². The molecule has 1 saturated carbocycles. The van der Waals surface area contributed by atoms with E-state index in [2.05, 4.69) is 35.2 Å². The fourth-order valence-electron chi connectivity index (χ4n) is 4.36. The lowest BCUT2D eigenvalue weighted by Crippen LogP contribution is -2.37. The van der Waals surface area contributed by atoms with Crippen molar-refractivity contribution in [1.29, 1.82) is 0 Å². The molecule has 0 unspecified atom stereocenters. The predicted molar refractivity (Wildman–Crippen MR) is 87.4 cm³/mol. The summed E-state index contributed by atoms with van der Waals surface area (Å²) in [6, 6.07) is 10.6. The van der Waals surface area contributed by atoms with Gasteiger partial charge in [-0.2, -0.15) is 0 Å². The van der Waals surface area contributed by atoms with E-state index < -0.39 is 0 Å². The predicted octanol–water partition coefficient (Wildman–Crippen LogP) is 3.63. The van der Waals surface area contributed by atoms with Crippen LogP contribution in [0.3, 0.4) is 0 Å². The monoisotopic (exact) mass is 301 g/mol. The summed E-state index contributed by atoms with van der Waals surface area (Å²) in [6.45, 7) is 5.24. The van der Waals surface area contributed by atoms with Crippen LogP contribution in [0, 0.1) is 11.3 Å². The summed E-state index contributed by atoms with van der Waals surface area (Å²) in [5.74, 6) is 0.0939. The van der Waals surface area contributed by atoms with Crippen molar-refractivity contribution < 1.29 is 9.53 Å². The molecule has 3 rings (SSSR count). The molecule has 0 radical (unpaired) electrons. The van der Waals surface area contributed by atoms with Crippen LogP contribution in [0.15, 0.2) is 30.3 Å². The topological polar surface area (TPSA) is 29.5 Å². The highest BCUT2D eigenvalue weighted by Gasteiger charge is 2.50. The van der Waals surface area contributed by atoms with E-state index in [0.717, 1.165) is 19.6 Å². The SMILES string of the molecule is CCOC(=O)[C@H]1CN(Cc2ccccc2)CC12CCCCC2. The largest absolute Gasteiger partial charge is 0.466 e. The summed E-state index contributed by atoms with van der Waals surface area (Å²) in [4.78, 5) is 14.9. The van der Waals surface area contributed by atoms with E-state index >= 15 is 0 Å². The smallest absolute Gasteiger partial charge is 0.310 e. The minimum Gasteiger partial charge on any atom is -0.466 e. The van der Waals surface area contributed by atoms with Crippen molar-refractivity contribution in [3.63, 3.8) is 0 Å². The van der Waals surface area contributed by atoms with Gasteiger partial charge in [-0.15, -0.1) is 0 Å². The quantitative estimate of drug-likeness (QED) is 0.795. The van der Waals surface area contributed by atoms with E-state index in [-0.39, 0.29) is 17.3 Å². The van der Waals surface area contributed by atoms with Gasteiger partial charge in [0.2, 0.25) is 0 Å². The number of rotatable bonds is 4. The third-order valence-corrected chi connectivity index (χ3v) is 5.39. The van der Waals surface area contributed by atoms with Crippen molar-refractivity contribution in [2.75, 3.05) is 19.7 Å². The molecule has 2 fully saturated rings. The van der Waals surface area contributed by atoms with Crippen LogP contribution < -0.4 is 0 Å². The Morgan fingerprint density at radius 2 is 1.95 bits per heavy atom. The molecule has 0 amide bonds. The lowest BCUT2D eigenvalue weighted by molar-refractivity contribution is -0.151. The van der Waals surface area contributed by atoms with E-state index in [1.165, 1.54) is 37.7 Å². The Morgan fingerprint density at radius 1 is 1.23 bits per heavy atom. The maximum Gasteiger partial charge on any atom is 0.310 e. The first kappa shape index (κ1) is 15.5. The maximum absolute atomic E-state index is 12.5. The van der Waals surface area contributed by atoms with Gasteiger partial charge in [-0.3, -0.25) is 9.69 Å². The Balaban J connectivity index is 1.74. The van der Waals surface area contributed by atoms with Crippen molar-refractivity contribution in [3.8, 4) is 0 Å². The number of benzene rings is 1. The molecule has 0 aromatic heterocycles. The fraction of sp³-hybridized carbons (Fsp3) is 0.632. The molecule has 1 saturated heterocycles. The average Bonchev–Trinajstić information content (AvgIpc) is 2.87. The summed E-state index contributed by atoms with van der Waals surface area (Å²) in [5.41, 5.74) is 1.50. The standard InChI is InChI=1S/C19H27NO2/c1-2-22-18(21)17-14-20(13-16-9-5-3-6-10-16)15-19(17)11-7-4-8-12-19/h3,5-6,9-10,17H,2,4,7-8,11-15H2,1H3/t17-/m1/s1. The van der Waals surface area contributed by atoms with Crippen molar-refractivity contribution in [1.82, 2.24) is 4.90 Å². The summed E-state index contributed by atoms with van der Waals surface area (Å²) in [7, 11) is 0. The summed E-state index contributed by atoms with van der Waals surface area (Å²) < 4.78 is 5.39. The molecule has 1 aromatic carbocycles. The van der Waals surface area contributed by atoms with Crippen molar-refractivity contribution in [2.45, 2.75) is 45.6 Å².